The summed E-state index contributed by atoms with van der Waals surface area (Å²) in [5.74, 6) is 1.12. The fourth-order valence-corrected chi connectivity index (χ4v) is 2.39. The quantitative estimate of drug-likeness (QED) is 0.775. The van der Waals surface area contributed by atoms with Crippen LogP contribution in [0.2, 0.25) is 0 Å². The molecule has 0 saturated carbocycles. The average molecular weight is 259 g/mol. The molecule has 0 aliphatic carbocycles. The van der Waals surface area contributed by atoms with Crippen LogP contribution in [0.3, 0.4) is 0 Å². The molecule has 1 aromatic rings. The highest BCUT2D eigenvalue weighted by Crippen LogP contribution is 2.22. The predicted molar refractivity (Wildman–Crippen MR) is 65.3 cm³/mol. The van der Waals surface area contributed by atoms with Crippen LogP contribution in [0.25, 0.3) is 0 Å². The molecule has 0 aliphatic rings. The van der Waals surface area contributed by atoms with E-state index < -0.39 is 0 Å². The Morgan fingerprint density at radius 2 is 2.08 bits per heavy atom. The first-order chi connectivity index (χ1) is 6.09. The molecule has 0 fully saturated rings. The minimum atomic E-state index is 0.711. The fraction of sp³-hybridized carbons (Fsp3) is 0.455. The Bertz CT molecular complexity index is 281. The van der Waals surface area contributed by atoms with Crippen molar-refractivity contribution in [3.8, 4) is 0 Å². The van der Waals surface area contributed by atoms with E-state index in [1.165, 1.54) is 15.6 Å². The number of aryl methyl sites for hydroxylation is 1. The van der Waals surface area contributed by atoms with Crippen LogP contribution in [0.4, 0.5) is 0 Å². The molecule has 13 heavy (non-hydrogen) atoms. The lowest BCUT2D eigenvalue weighted by molar-refractivity contribution is 1.11. The molecule has 0 unspecified atom stereocenters. The third-order valence-electron chi connectivity index (χ3n) is 1.88. The van der Waals surface area contributed by atoms with Gasteiger partial charge in [0.25, 0.3) is 0 Å². The van der Waals surface area contributed by atoms with Crippen LogP contribution in [-0.2, 0) is 5.75 Å². The maximum absolute atomic E-state index is 3.47. The van der Waals surface area contributed by atoms with Crippen molar-refractivity contribution in [2.75, 3.05) is 0 Å². The minimum Gasteiger partial charge on any atom is -0.154 e. The number of halogens is 1. The van der Waals surface area contributed by atoms with Crippen molar-refractivity contribution in [1.29, 1.82) is 0 Å². The largest absolute Gasteiger partial charge is 0.154 e. The molecule has 1 aromatic carbocycles. The summed E-state index contributed by atoms with van der Waals surface area (Å²) in [6.45, 7) is 6.64. The molecular weight excluding hydrogens is 244 g/mol. The van der Waals surface area contributed by atoms with Crippen molar-refractivity contribution in [3.05, 3.63) is 33.8 Å². The Morgan fingerprint density at radius 1 is 1.38 bits per heavy atom. The first-order valence-electron chi connectivity index (χ1n) is 4.46. The molecule has 2 heteroatoms. The second kappa shape index (κ2) is 5.06. The lowest BCUT2D eigenvalue weighted by atomic mass is 10.1. The highest BCUT2D eigenvalue weighted by molar-refractivity contribution is 9.10. The van der Waals surface area contributed by atoms with E-state index in [9.17, 15) is 0 Å². The fourth-order valence-electron chi connectivity index (χ4n) is 1.08. The molecule has 0 aromatic heterocycles. The van der Waals surface area contributed by atoms with E-state index in [0.717, 1.165) is 5.75 Å². The van der Waals surface area contributed by atoms with Crippen molar-refractivity contribution in [2.24, 2.45) is 0 Å². The molecule has 0 saturated heterocycles. The van der Waals surface area contributed by atoms with Crippen LogP contribution in [0.15, 0.2) is 22.7 Å². The summed E-state index contributed by atoms with van der Waals surface area (Å²) in [6, 6.07) is 6.49. The van der Waals surface area contributed by atoms with Gasteiger partial charge in [-0.3, -0.25) is 0 Å². The van der Waals surface area contributed by atoms with Crippen LogP contribution in [0.5, 0.6) is 0 Å². The van der Waals surface area contributed by atoms with Gasteiger partial charge < -0.3 is 0 Å². The number of hydrogen-bond donors (Lipinski definition) is 0. The Hall–Kier alpha value is 0.0500. The van der Waals surface area contributed by atoms with Gasteiger partial charge in [-0.2, -0.15) is 11.8 Å². The van der Waals surface area contributed by atoms with Crippen molar-refractivity contribution < 1.29 is 0 Å². The van der Waals surface area contributed by atoms with E-state index in [1.807, 2.05) is 11.8 Å². The van der Waals surface area contributed by atoms with Gasteiger partial charge in [-0.15, -0.1) is 0 Å². The normalized spacial score (nSPS) is 10.8. The molecule has 0 nitrogen and oxygen atoms in total. The molecule has 0 spiro atoms. The summed E-state index contributed by atoms with van der Waals surface area (Å²) in [5.41, 5.74) is 2.82. The monoisotopic (exact) mass is 258 g/mol. The SMILES string of the molecule is Cc1cc(Br)ccc1CSC(C)C. The maximum Gasteiger partial charge on any atom is 0.0189 e. The highest BCUT2D eigenvalue weighted by atomic mass is 79.9. The Balaban J connectivity index is 2.67. The molecule has 0 aliphatic heterocycles. The summed E-state index contributed by atoms with van der Waals surface area (Å²) in [7, 11) is 0. The van der Waals surface area contributed by atoms with Crippen LogP contribution >= 0.6 is 27.7 Å². The number of benzene rings is 1. The smallest absolute Gasteiger partial charge is 0.0189 e. The van der Waals surface area contributed by atoms with E-state index in [1.54, 1.807) is 0 Å². The zero-order chi connectivity index (χ0) is 9.84. The Labute approximate surface area is 93.2 Å². The van der Waals surface area contributed by atoms with Gasteiger partial charge in [-0.1, -0.05) is 35.8 Å². The zero-order valence-electron chi connectivity index (χ0n) is 8.30. The summed E-state index contributed by atoms with van der Waals surface area (Å²) >= 11 is 5.46. The molecule has 72 valence electrons. The summed E-state index contributed by atoms with van der Waals surface area (Å²) < 4.78 is 1.17. The molecular formula is C11H15BrS. The molecule has 0 N–H and O–H groups in total. The number of rotatable bonds is 3. The van der Waals surface area contributed by atoms with Gasteiger partial charge in [0, 0.05) is 10.2 Å². The first-order valence-corrected chi connectivity index (χ1v) is 6.30. The van der Waals surface area contributed by atoms with Gasteiger partial charge in [0.15, 0.2) is 0 Å². The maximum atomic E-state index is 3.47. The van der Waals surface area contributed by atoms with Crippen molar-refractivity contribution in [2.45, 2.75) is 31.8 Å². The molecule has 0 atom stereocenters. The van der Waals surface area contributed by atoms with Gasteiger partial charge in [0.2, 0.25) is 0 Å². The first kappa shape index (κ1) is 11.1. The topological polar surface area (TPSA) is 0 Å². The van der Waals surface area contributed by atoms with Crippen LogP contribution < -0.4 is 0 Å². The number of hydrogen-bond acceptors (Lipinski definition) is 1. The van der Waals surface area contributed by atoms with Crippen molar-refractivity contribution in [1.82, 2.24) is 0 Å². The molecule has 0 heterocycles. The molecule has 0 radical (unpaired) electrons. The van der Waals surface area contributed by atoms with Crippen LogP contribution in [0.1, 0.15) is 25.0 Å². The van der Waals surface area contributed by atoms with E-state index in [4.69, 9.17) is 0 Å². The highest BCUT2D eigenvalue weighted by Gasteiger charge is 2.00. The van der Waals surface area contributed by atoms with Gasteiger partial charge in [0.05, 0.1) is 0 Å². The molecule has 1 rings (SSSR count). The van der Waals surface area contributed by atoms with Gasteiger partial charge in [-0.05, 0) is 35.4 Å². The number of thioether (sulfide) groups is 1. The Kier molecular flexibility index (Phi) is 4.33. The van der Waals surface area contributed by atoms with Gasteiger partial charge in [0.1, 0.15) is 0 Å². The van der Waals surface area contributed by atoms with Crippen molar-refractivity contribution >= 4 is 27.7 Å². The van der Waals surface area contributed by atoms with Crippen LogP contribution in [-0.4, -0.2) is 5.25 Å². The van der Waals surface area contributed by atoms with E-state index in [0.29, 0.717) is 5.25 Å². The lowest BCUT2D eigenvalue weighted by Crippen LogP contribution is -1.91. The molecule has 0 amide bonds. The standard InChI is InChI=1S/C11H15BrS/c1-8(2)13-7-10-4-5-11(12)6-9(10)3/h4-6,8H,7H2,1-3H3. The average Bonchev–Trinajstić information content (AvgIpc) is 2.02. The second-order valence-corrected chi connectivity index (χ2v) is 5.91. The second-order valence-electron chi connectivity index (χ2n) is 3.43. The lowest BCUT2D eigenvalue weighted by Gasteiger charge is -2.07. The minimum absolute atomic E-state index is 0.711. The third kappa shape index (κ3) is 3.74. The van der Waals surface area contributed by atoms with E-state index in [-0.39, 0.29) is 0 Å². The molecule has 0 bridgehead atoms. The van der Waals surface area contributed by atoms with Crippen LogP contribution in [0, 0.1) is 6.92 Å². The van der Waals surface area contributed by atoms with E-state index in [2.05, 4.69) is 54.9 Å². The predicted octanol–water partition coefficient (Wildman–Crippen LogP) is 4.40. The summed E-state index contributed by atoms with van der Waals surface area (Å²) in [5, 5.41) is 0.711. The Morgan fingerprint density at radius 3 is 2.62 bits per heavy atom. The van der Waals surface area contributed by atoms with Crippen molar-refractivity contribution in [3.63, 3.8) is 0 Å². The summed E-state index contributed by atoms with van der Waals surface area (Å²) in [6.07, 6.45) is 0. The third-order valence-corrected chi connectivity index (χ3v) is 3.51. The van der Waals surface area contributed by atoms with Gasteiger partial charge in [-0.25, -0.2) is 0 Å². The van der Waals surface area contributed by atoms with Gasteiger partial charge >= 0.3 is 0 Å². The summed E-state index contributed by atoms with van der Waals surface area (Å²) in [4.78, 5) is 0. The van der Waals surface area contributed by atoms with E-state index >= 15 is 0 Å². The zero-order valence-corrected chi connectivity index (χ0v) is 10.7.